The van der Waals surface area contributed by atoms with Crippen molar-refractivity contribution in [3.05, 3.63) is 12.2 Å². The van der Waals surface area contributed by atoms with Gasteiger partial charge in [-0.3, -0.25) is 19.3 Å². The number of rotatable bonds is 7. The van der Waals surface area contributed by atoms with Crippen molar-refractivity contribution in [3.8, 4) is 0 Å². The van der Waals surface area contributed by atoms with Crippen LogP contribution in [0.2, 0.25) is 0 Å². The van der Waals surface area contributed by atoms with E-state index in [0.29, 0.717) is 0 Å². The number of imide groups is 1. The lowest BCUT2D eigenvalue weighted by Crippen LogP contribution is -2.46. The number of carbonyl (C=O) groups is 4. The molecule has 0 fully saturated rings. The van der Waals surface area contributed by atoms with Gasteiger partial charge in [0.15, 0.2) is 0 Å². The van der Waals surface area contributed by atoms with Crippen LogP contribution in [0.3, 0.4) is 0 Å². The van der Waals surface area contributed by atoms with Crippen molar-refractivity contribution in [2.45, 2.75) is 32.7 Å². The molecule has 0 saturated carbocycles. The average molecular weight is 283 g/mol. The van der Waals surface area contributed by atoms with Crippen LogP contribution < -0.4 is 0 Å². The predicted octanol–water partition coefficient (Wildman–Crippen LogP) is 0.186. The highest BCUT2D eigenvalue weighted by Gasteiger charge is 2.36. The molecule has 1 aliphatic rings. The highest BCUT2D eigenvalue weighted by molar-refractivity contribution is 6.14. The molecule has 0 radical (unpaired) electrons. The van der Waals surface area contributed by atoms with Gasteiger partial charge in [-0.1, -0.05) is 0 Å². The van der Waals surface area contributed by atoms with E-state index in [1.54, 1.807) is 13.8 Å². The van der Waals surface area contributed by atoms with E-state index in [2.05, 4.69) is 0 Å². The zero-order valence-corrected chi connectivity index (χ0v) is 11.5. The molecule has 0 aromatic carbocycles. The molecule has 110 valence electrons. The Morgan fingerprint density at radius 2 is 1.65 bits per heavy atom. The summed E-state index contributed by atoms with van der Waals surface area (Å²) in [4.78, 5) is 47.2. The summed E-state index contributed by atoms with van der Waals surface area (Å²) in [5.74, 6) is -2.37. The van der Waals surface area contributed by atoms with Crippen molar-refractivity contribution in [2.24, 2.45) is 0 Å². The number of hydrogen-bond donors (Lipinski definition) is 0. The zero-order valence-electron chi connectivity index (χ0n) is 11.5. The molecule has 20 heavy (non-hydrogen) atoms. The van der Waals surface area contributed by atoms with Gasteiger partial charge in [0.05, 0.1) is 13.2 Å². The summed E-state index contributed by atoms with van der Waals surface area (Å²) in [6.07, 6.45) is 2.07. The van der Waals surface area contributed by atoms with Gasteiger partial charge in [0.1, 0.15) is 6.04 Å². The van der Waals surface area contributed by atoms with Crippen molar-refractivity contribution in [1.29, 1.82) is 0 Å². The molecule has 0 bridgehead atoms. The second kappa shape index (κ2) is 7.42. The topological polar surface area (TPSA) is 90.0 Å². The van der Waals surface area contributed by atoms with Crippen molar-refractivity contribution in [1.82, 2.24) is 4.90 Å². The smallest absolute Gasteiger partial charge is 0.329 e. The second-order valence-corrected chi connectivity index (χ2v) is 3.99. The lowest BCUT2D eigenvalue weighted by molar-refractivity contribution is -0.158. The molecule has 1 rings (SSSR count). The van der Waals surface area contributed by atoms with Crippen molar-refractivity contribution < 1.29 is 28.7 Å². The molecule has 0 aliphatic carbocycles. The number of ether oxygens (including phenoxy) is 2. The number of carbonyl (C=O) groups excluding carboxylic acids is 4. The van der Waals surface area contributed by atoms with Crippen molar-refractivity contribution in [3.63, 3.8) is 0 Å². The number of nitrogens with zero attached hydrogens (tertiary/aromatic N) is 1. The Hall–Kier alpha value is -2.18. The number of hydrogen-bond acceptors (Lipinski definition) is 6. The second-order valence-electron chi connectivity index (χ2n) is 3.99. The molecular weight excluding hydrogens is 266 g/mol. The number of esters is 2. The maximum Gasteiger partial charge on any atom is 0.329 e. The van der Waals surface area contributed by atoms with Crippen LogP contribution in [0.4, 0.5) is 0 Å². The third kappa shape index (κ3) is 3.91. The highest BCUT2D eigenvalue weighted by Crippen LogP contribution is 2.16. The fourth-order valence-electron chi connectivity index (χ4n) is 1.80. The van der Waals surface area contributed by atoms with Crippen molar-refractivity contribution in [2.75, 3.05) is 13.2 Å². The van der Waals surface area contributed by atoms with Crippen LogP contribution in [0.5, 0.6) is 0 Å². The van der Waals surface area contributed by atoms with E-state index in [0.717, 1.165) is 17.1 Å². The monoisotopic (exact) mass is 283 g/mol. The van der Waals surface area contributed by atoms with E-state index in [1.807, 2.05) is 0 Å². The third-order valence-electron chi connectivity index (χ3n) is 2.64. The molecule has 0 aromatic heterocycles. The summed E-state index contributed by atoms with van der Waals surface area (Å²) in [5.41, 5.74) is 0. The SMILES string of the molecule is CCOC(=O)CCC(C(=O)OCC)N1C(=O)C=CC1=O. The van der Waals surface area contributed by atoms with Crippen molar-refractivity contribution >= 4 is 23.8 Å². The minimum Gasteiger partial charge on any atom is -0.466 e. The lowest BCUT2D eigenvalue weighted by Gasteiger charge is -2.23. The van der Waals surface area contributed by atoms with Crippen LogP contribution in [-0.4, -0.2) is 47.9 Å². The van der Waals surface area contributed by atoms with Crippen LogP contribution in [0, 0.1) is 0 Å². The Labute approximate surface area is 116 Å². The van der Waals surface area contributed by atoms with E-state index in [1.165, 1.54) is 0 Å². The van der Waals surface area contributed by atoms with Gasteiger partial charge >= 0.3 is 11.9 Å². The van der Waals surface area contributed by atoms with Crippen LogP contribution in [0.25, 0.3) is 0 Å². The largest absolute Gasteiger partial charge is 0.466 e. The summed E-state index contributed by atoms with van der Waals surface area (Å²) in [5, 5.41) is 0. The van der Waals surface area contributed by atoms with E-state index in [9.17, 15) is 19.2 Å². The van der Waals surface area contributed by atoms with Gasteiger partial charge in [-0.15, -0.1) is 0 Å². The number of amides is 2. The maximum absolute atomic E-state index is 11.8. The molecule has 0 N–H and O–H groups in total. The standard InChI is InChI=1S/C13H17NO6/c1-3-19-12(17)8-5-9(13(18)20-4-2)14-10(15)6-7-11(14)16/h6-7,9H,3-5,8H2,1-2H3. The summed E-state index contributed by atoms with van der Waals surface area (Å²) in [6, 6.07) is -1.10. The Kier molecular flexibility index (Phi) is 5.89. The molecule has 1 aliphatic heterocycles. The van der Waals surface area contributed by atoms with E-state index in [-0.39, 0.29) is 26.1 Å². The Bertz CT molecular complexity index is 424. The highest BCUT2D eigenvalue weighted by atomic mass is 16.5. The van der Waals surface area contributed by atoms with Gasteiger partial charge in [0, 0.05) is 18.6 Å². The minimum atomic E-state index is -1.10. The molecule has 1 atom stereocenters. The van der Waals surface area contributed by atoms with Crippen LogP contribution in [-0.2, 0) is 28.7 Å². The van der Waals surface area contributed by atoms with Gasteiger partial charge < -0.3 is 9.47 Å². The fraction of sp³-hybridized carbons (Fsp3) is 0.538. The van der Waals surface area contributed by atoms with Crippen LogP contribution in [0.1, 0.15) is 26.7 Å². The summed E-state index contributed by atoms with van der Waals surface area (Å²) in [7, 11) is 0. The first kappa shape index (κ1) is 15.9. The molecule has 2 amide bonds. The first-order valence-electron chi connectivity index (χ1n) is 6.38. The van der Waals surface area contributed by atoms with Crippen LogP contribution >= 0.6 is 0 Å². The minimum absolute atomic E-state index is 0.0170. The molecule has 1 heterocycles. The van der Waals surface area contributed by atoms with Gasteiger partial charge in [-0.2, -0.15) is 0 Å². The molecule has 7 heteroatoms. The molecule has 0 aromatic rings. The predicted molar refractivity (Wildman–Crippen MR) is 67.3 cm³/mol. The molecule has 1 unspecified atom stereocenters. The Balaban J connectivity index is 2.75. The maximum atomic E-state index is 11.8. The van der Waals surface area contributed by atoms with Gasteiger partial charge in [-0.05, 0) is 20.3 Å². The van der Waals surface area contributed by atoms with E-state index < -0.39 is 29.8 Å². The average Bonchev–Trinajstić information content (AvgIpc) is 2.71. The van der Waals surface area contributed by atoms with Gasteiger partial charge in [0.2, 0.25) is 0 Å². The molecular formula is C13H17NO6. The summed E-state index contributed by atoms with van der Waals surface area (Å²) < 4.78 is 9.59. The van der Waals surface area contributed by atoms with E-state index in [4.69, 9.17) is 9.47 Å². The Morgan fingerprint density at radius 3 is 2.15 bits per heavy atom. The molecule has 0 spiro atoms. The first-order valence-corrected chi connectivity index (χ1v) is 6.38. The van der Waals surface area contributed by atoms with Crippen LogP contribution in [0.15, 0.2) is 12.2 Å². The van der Waals surface area contributed by atoms with E-state index >= 15 is 0 Å². The summed E-state index contributed by atoms with van der Waals surface area (Å²) in [6.45, 7) is 3.63. The summed E-state index contributed by atoms with van der Waals surface area (Å²) >= 11 is 0. The molecule has 7 nitrogen and oxygen atoms in total. The normalized spacial score (nSPS) is 15.4. The van der Waals surface area contributed by atoms with Gasteiger partial charge in [0.25, 0.3) is 11.8 Å². The Morgan fingerprint density at radius 1 is 1.10 bits per heavy atom. The molecule has 0 saturated heterocycles. The fourth-order valence-corrected chi connectivity index (χ4v) is 1.80. The van der Waals surface area contributed by atoms with Gasteiger partial charge in [-0.25, -0.2) is 4.79 Å². The quantitative estimate of drug-likeness (QED) is 0.489. The third-order valence-corrected chi connectivity index (χ3v) is 2.64. The zero-order chi connectivity index (χ0) is 15.1. The lowest BCUT2D eigenvalue weighted by atomic mass is 10.1. The first-order chi connectivity index (χ1) is 9.51.